The van der Waals surface area contributed by atoms with E-state index >= 15 is 0 Å². The van der Waals surface area contributed by atoms with E-state index in [1.807, 2.05) is 19.1 Å². The molecular formula is C30H33N3OS. The lowest BCUT2D eigenvalue weighted by Crippen LogP contribution is -2.24. The molecule has 4 nitrogen and oxygen atoms in total. The van der Waals surface area contributed by atoms with Gasteiger partial charge in [-0.05, 0) is 43.9 Å². The molecule has 35 heavy (non-hydrogen) atoms. The van der Waals surface area contributed by atoms with Crippen molar-refractivity contribution >= 4 is 23.4 Å². The third-order valence-corrected chi connectivity index (χ3v) is 7.36. The predicted molar refractivity (Wildman–Crippen MR) is 148 cm³/mol. The van der Waals surface area contributed by atoms with Gasteiger partial charge in [-0.25, -0.2) is 4.98 Å². The zero-order valence-corrected chi connectivity index (χ0v) is 21.9. The predicted octanol–water partition coefficient (Wildman–Crippen LogP) is 7.99. The van der Waals surface area contributed by atoms with Crippen LogP contribution in [0.2, 0.25) is 0 Å². The van der Waals surface area contributed by atoms with Gasteiger partial charge in [-0.15, -0.1) is 0 Å². The van der Waals surface area contributed by atoms with Crippen LogP contribution in [0.4, 0.5) is 5.69 Å². The van der Waals surface area contributed by atoms with Gasteiger partial charge >= 0.3 is 0 Å². The fourth-order valence-electron chi connectivity index (χ4n) is 3.89. The van der Waals surface area contributed by atoms with Gasteiger partial charge in [-0.3, -0.25) is 4.79 Å². The van der Waals surface area contributed by atoms with Crippen LogP contribution in [0.15, 0.2) is 78.0 Å². The summed E-state index contributed by atoms with van der Waals surface area (Å²) in [4.78, 5) is 21.6. The number of amides is 1. The zero-order chi connectivity index (χ0) is 24.9. The average Bonchev–Trinajstić information content (AvgIpc) is 3.27. The van der Waals surface area contributed by atoms with Crippen molar-refractivity contribution in [3.8, 4) is 22.5 Å². The van der Waals surface area contributed by atoms with Crippen LogP contribution in [-0.4, -0.2) is 21.1 Å². The molecule has 3 aromatic carbocycles. The maximum absolute atomic E-state index is 13.1. The van der Waals surface area contributed by atoms with Crippen LogP contribution >= 0.6 is 11.8 Å². The Hall–Kier alpha value is -3.31. The molecular weight excluding hydrogens is 450 g/mol. The van der Waals surface area contributed by atoms with Crippen molar-refractivity contribution in [2.45, 2.75) is 57.4 Å². The molecule has 0 saturated heterocycles. The first kappa shape index (κ1) is 24.8. The summed E-state index contributed by atoms with van der Waals surface area (Å²) in [5.41, 5.74) is 8.49. The monoisotopic (exact) mass is 483 g/mol. The van der Waals surface area contributed by atoms with Crippen LogP contribution < -0.4 is 5.32 Å². The lowest BCUT2D eigenvalue weighted by atomic mass is 10.0. The van der Waals surface area contributed by atoms with Crippen LogP contribution in [0.3, 0.4) is 0 Å². The molecule has 1 amide bonds. The topological polar surface area (TPSA) is 57.8 Å². The molecule has 0 aliphatic carbocycles. The van der Waals surface area contributed by atoms with Crippen molar-refractivity contribution in [3.63, 3.8) is 0 Å². The number of anilines is 1. The second-order valence-electron chi connectivity index (χ2n) is 9.28. The van der Waals surface area contributed by atoms with E-state index in [2.05, 4.69) is 98.7 Å². The zero-order valence-electron chi connectivity index (χ0n) is 21.1. The first-order valence-corrected chi connectivity index (χ1v) is 13.0. The Morgan fingerprint density at radius 3 is 2.00 bits per heavy atom. The highest BCUT2D eigenvalue weighted by molar-refractivity contribution is 8.00. The van der Waals surface area contributed by atoms with E-state index in [-0.39, 0.29) is 11.2 Å². The van der Waals surface area contributed by atoms with Crippen molar-refractivity contribution in [1.29, 1.82) is 0 Å². The van der Waals surface area contributed by atoms with E-state index in [1.165, 1.54) is 28.5 Å². The Kier molecular flexibility index (Phi) is 7.76. The lowest BCUT2D eigenvalue weighted by Gasteiger charge is -2.14. The van der Waals surface area contributed by atoms with Gasteiger partial charge in [-0.2, -0.15) is 0 Å². The minimum absolute atomic E-state index is 0.0139. The van der Waals surface area contributed by atoms with Crippen LogP contribution in [0.1, 0.15) is 49.8 Å². The summed E-state index contributed by atoms with van der Waals surface area (Å²) in [7, 11) is 0. The first-order valence-electron chi connectivity index (χ1n) is 12.2. The number of hydrogen-bond donors (Lipinski definition) is 2. The van der Waals surface area contributed by atoms with Crippen LogP contribution in [-0.2, 0) is 4.79 Å². The summed E-state index contributed by atoms with van der Waals surface area (Å²) in [5, 5.41) is 3.56. The summed E-state index contributed by atoms with van der Waals surface area (Å²) in [5.74, 6) is 0.447. The summed E-state index contributed by atoms with van der Waals surface area (Å²) >= 11 is 1.48. The maximum atomic E-state index is 13.1. The van der Waals surface area contributed by atoms with E-state index in [4.69, 9.17) is 4.98 Å². The number of carbonyl (C=O) groups excluding carboxylic acids is 1. The third kappa shape index (κ3) is 6.04. The normalized spacial score (nSPS) is 12.1. The number of imidazole rings is 1. The Morgan fingerprint density at radius 1 is 0.886 bits per heavy atom. The fourth-order valence-corrected chi connectivity index (χ4v) is 4.79. The molecule has 0 radical (unpaired) electrons. The van der Waals surface area contributed by atoms with Crippen molar-refractivity contribution in [3.05, 3.63) is 89.5 Å². The number of nitrogens with one attached hydrogen (secondary N) is 2. The molecule has 4 aromatic rings. The van der Waals surface area contributed by atoms with Gasteiger partial charge in [0.25, 0.3) is 0 Å². The van der Waals surface area contributed by atoms with E-state index in [9.17, 15) is 4.79 Å². The number of nitrogens with zero attached hydrogens (tertiary/aromatic N) is 1. The van der Waals surface area contributed by atoms with Crippen molar-refractivity contribution in [2.24, 2.45) is 0 Å². The number of thioether (sulfide) groups is 1. The number of benzene rings is 3. The second kappa shape index (κ2) is 11.0. The smallest absolute Gasteiger partial charge is 0.237 e. The number of carbonyl (C=O) groups is 1. The standard InChI is InChI=1S/C30H33N3OS/c1-6-26(29(34)31-25-17-15-22(16-18-25)19(2)3)35-30-32-27(23-11-7-20(4)8-12-23)28(33-30)24-13-9-21(5)10-14-24/h7-19,26H,6H2,1-5H3,(H,31,34)(H,32,33). The van der Waals surface area contributed by atoms with Crippen molar-refractivity contribution < 1.29 is 4.79 Å². The minimum Gasteiger partial charge on any atom is -0.332 e. The molecule has 0 saturated carbocycles. The molecule has 1 aromatic heterocycles. The van der Waals surface area contributed by atoms with Gasteiger partial charge in [0, 0.05) is 16.8 Å². The number of H-pyrrole nitrogens is 1. The second-order valence-corrected chi connectivity index (χ2v) is 10.5. The molecule has 5 heteroatoms. The van der Waals surface area contributed by atoms with Crippen LogP contribution in [0.5, 0.6) is 0 Å². The molecule has 2 N–H and O–H groups in total. The van der Waals surface area contributed by atoms with Gasteiger partial charge in [0.1, 0.15) is 0 Å². The summed E-state index contributed by atoms with van der Waals surface area (Å²) in [6, 6.07) is 24.9. The molecule has 4 rings (SSSR count). The number of aryl methyl sites for hydroxylation is 2. The molecule has 0 aliphatic rings. The highest BCUT2D eigenvalue weighted by Crippen LogP contribution is 2.35. The fraction of sp³-hybridized carbons (Fsp3) is 0.267. The van der Waals surface area contributed by atoms with Gasteiger partial charge in [0.15, 0.2) is 5.16 Å². The summed E-state index contributed by atoms with van der Waals surface area (Å²) in [6.07, 6.45) is 0.695. The molecule has 0 fully saturated rings. The van der Waals surface area contributed by atoms with Crippen molar-refractivity contribution in [1.82, 2.24) is 9.97 Å². The number of aromatic amines is 1. The quantitative estimate of drug-likeness (QED) is 0.250. The van der Waals surface area contributed by atoms with E-state index in [0.717, 1.165) is 33.4 Å². The molecule has 0 spiro atoms. The van der Waals surface area contributed by atoms with Gasteiger partial charge in [0.05, 0.1) is 16.6 Å². The number of hydrogen-bond acceptors (Lipinski definition) is 3. The average molecular weight is 484 g/mol. The highest BCUT2D eigenvalue weighted by Gasteiger charge is 2.22. The number of aromatic nitrogens is 2. The van der Waals surface area contributed by atoms with Gasteiger partial charge < -0.3 is 10.3 Å². The Labute approximate surface area is 212 Å². The first-order chi connectivity index (χ1) is 16.8. The van der Waals surface area contributed by atoms with Crippen molar-refractivity contribution in [2.75, 3.05) is 5.32 Å². The van der Waals surface area contributed by atoms with Gasteiger partial charge in [-0.1, -0.05) is 104 Å². The minimum atomic E-state index is -0.261. The Morgan fingerprint density at radius 2 is 1.46 bits per heavy atom. The lowest BCUT2D eigenvalue weighted by molar-refractivity contribution is -0.115. The van der Waals surface area contributed by atoms with E-state index in [1.54, 1.807) is 0 Å². The van der Waals surface area contributed by atoms with Crippen LogP contribution in [0, 0.1) is 13.8 Å². The largest absolute Gasteiger partial charge is 0.332 e. The summed E-state index contributed by atoms with van der Waals surface area (Å²) in [6.45, 7) is 10.5. The molecule has 0 aliphatic heterocycles. The van der Waals surface area contributed by atoms with Gasteiger partial charge in [0.2, 0.25) is 5.91 Å². The Balaban J connectivity index is 1.59. The SMILES string of the molecule is CCC(Sc1nc(-c2ccc(C)cc2)c(-c2ccc(C)cc2)[nH]1)C(=O)Nc1ccc(C(C)C)cc1. The molecule has 180 valence electrons. The Bertz CT molecular complexity index is 1210. The summed E-state index contributed by atoms with van der Waals surface area (Å²) < 4.78 is 0. The third-order valence-electron chi connectivity index (χ3n) is 6.11. The van der Waals surface area contributed by atoms with E-state index in [0.29, 0.717) is 12.3 Å². The highest BCUT2D eigenvalue weighted by atomic mass is 32.2. The molecule has 1 unspecified atom stereocenters. The molecule has 1 heterocycles. The maximum Gasteiger partial charge on any atom is 0.237 e. The molecule has 0 bridgehead atoms. The van der Waals surface area contributed by atoms with E-state index < -0.39 is 0 Å². The number of rotatable bonds is 8. The molecule has 1 atom stereocenters. The van der Waals surface area contributed by atoms with Crippen LogP contribution in [0.25, 0.3) is 22.5 Å².